The van der Waals surface area contributed by atoms with Crippen molar-refractivity contribution in [2.75, 3.05) is 6.54 Å². The molecule has 0 aliphatic rings. The molecule has 1 heterocycles. The van der Waals surface area contributed by atoms with Gasteiger partial charge in [0.05, 0.1) is 0 Å². The monoisotopic (exact) mass is 256 g/mol. The second kappa shape index (κ2) is 5.99. The van der Waals surface area contributed by atoms with E-state index in [2.05, 4.69) is 16.2 Å². The summed E-state index contributed by atoms with van der Waals surface area (Å²) in [4.78, 5) is 15.8. The number of carbonyl (C=O) groups is 1. The van der Waals surface area contributed by atoms with Crippen LogP contribution >= 0.6 is 11.3 Å². The Hall–Kier alpha value is -2.12. The summed E-state index contributed by atoms with van der Waals surface area (Å²) in [5.74, 6) is 2.23. The number of rotatable bonds is 4. The van der Waals surface area contributed by atoms with E-state index in [0.29, 0.717) is 17.2 Å². The summed E-state index contributed by atoms with van der Waals surface area (Å²) in [7, 11) is 0. The molecule has 0 saturated heterocycles. The van der Waals surface area contributed by atoms with E-state index in [1.54, 1.807) is 5.38 Å². The Morgan fingerprint density at radius 3 is 2.83 bits per heavy atom. The fourth-order valence-corrected chi connectivity index (χ4v) is 2.10. The van der Waals surface area contributed by atoms with Crippen molar-refractivity contribution in [1.82, 2.24) is 10.3 Å². The van der Waals surface area contributed by atoms with E-state index in [9.17, 15) is 4.79 Å². The van der Waals surface area contributed by atoms with Crippen LogP contribution < -0.4 is 5.32 Å². The van der Waals surface area contributed by atoms with Crippen molar-refractivity contribution in [3.8, 4) is 12.3 Å². The van der Waals surface area contributed by atoms with E-state index in [0.717, 1.165) is 6.42 Å². The van der Waals surface area contributed by atoms with Crippen LogP contribution in [0.25, 0.3) is 0 Å². The van der Waals surface area contributed by atoms with E-state index in [1.165, 1.54) is 16.9 Å². The van der Waals surface area contributed by atoms with E-state index < -0.39 is 0 Å². The van der Waals surface area contributed by atoms with Gasteiger partial charge in [-0.1, -0.05) is 30.3 Å². The molecular formula is C14H12N2OS. The molecule has 0 atom stereocenters. The first-order chi connectivity index (χ1) is 8.79. The maximum absolute atomic E-state index is 11.7. The number of aromatic nitrogens is 1. The molecule has 0 bridgehead atoms. The van der Waals surface area contributed by atoms with Crippen molar-refractivity contribution < 1.29 is 4.79 Å². The number of hydrogen-bond donors (Lipinski definition) is 1. The molecule has 0 aliphatic carbocycles. The maximum Gasteiger partial charge on any atom is 0.270 e. The van der Waals surface area contributed by atoms with Crippen molar-refractivity contribution in [2.24, 2.45) is 0 Å². The minimum atomic E-state index is -0.177. The second-order valence-corrected chi connectivity index (χ2v) is 4.53. The molecule has 0 aliphatic heterocycles. The molecular weight excluding hydrogens is 244 g/mol. The molecule has 1 aromatic carbocycles. The number of nitrogens with zero attached hydrogens (tertiary/aromatic N) is 1. The number of terminal acetylenes is 1. The number of amides is 1. The van der Waals surface area contributed by atoms with Crippen LogP contribution in [0.4, 0.5) is 0 Å². The molecule has 0 saturated carbocycles. The van der Waals surface area contributed by atoms with Crippen molar-refractivity contribution >= 4 is 17.2 Å². The molecule has 18 heavy (non-hydrogen) atoms. The van der Waals surface area contributed by atoms with Gasteiger partial charge < -0.3 is 5.32 Å². The fraction of sp³-hybridized carbons (Fsp3) is 0.143. The van der Waals surface area contributed by atoms with Crippen LogP contribution in [-0.4, -0.2) is 17.4 Å². The Bertz CT molecular complexity index is 569. The van der Waals surface area contributed by atoms with Crippen LogP contribution in [-0.2, 0) is 6.42 Å². The van der Waals surface area contributed by atoms with Crippen LogP contribution in [0.2, 0.25) is 0 Å². The highest BCUT2D eigenvalue weighted by molar-refractivity contribution is 7.10. The van der Waals surface area contributed by atoms with Gasteiger partial charge in [-0.05, 0) is 17.9 Å². The van der Waals surface area contributed by atoms with Gasteiger partial charge in [-0.3, -0.25) is 4.79 Å². The lowest BCUT2D eigenvalue weighted by Gasteiger charge is -2.03. The molecule has 1 N–H and O–H groups in total. The Balaban J connectivity index is 1.84. The molecule has 0 fully saturated rings. The maximum atomic E-state index is 11.7. The first kappa shape index (κ1) is 12.3. The zero-order valence-corrected chi connectivity index (χ0v) is 10.5. The normalized spacial score (nSPS) is 9.72. The lowest BCUT2D eigenvalue weighted by atomic mass is 10.1. The van der Waals surface area contributed by atoms with E-state index in [4.69, 9.17) is 6.42 Å². The largest absolute Gasteiger partial charge is 0.350 e. The van der Waals surface area contributed by atoms with Crippen LogP contribution in [0.3, 0.4) is 0 Å². The van der Waals surface area contributed by atoms with Gasteiger partial charge in [-0.25, -0.2) is 4.98 Å². The van der Waals surface area contributed by atoms with Gasteiger partial charge in [0.25, 0.3) is 5.91 Å². The van der Waals surface area contributed by atoms with Crippen LogP contribution in [0.5, 0.6) is 0 Å². The highest BCUT2D eigenvalue weighted by atomic mass is 32.1. The summed E-state index contributed by atoms with van der Waals surface area (Å²) in [5.41, 5.74) is 1.58. The van der Waals surface area contributed by atoms with Gasteiger partial charge in [0.2, 0.25) is 0 Å². The molecule has 1 aromatic heterocycles. The number of hydrogen-bond acceptors (Lipinski definition) is 3. The van der Waals surface area contributed by atoms with Gasteiger partial charge in [0.15, 0.2) is 5.01 Å². The summed E-state index contributed by atoms with van der Waals surface area (Å²) >= 11 is 1.30. The summed E-state index contributed by atoms with van der Waals surface area (Å²) in [5, 5.41) is 5.03. The lowest BCUT2D eigenvalue weighted by molar-refractivity contribution is 0.0950. The molecule has 2 rings (SSSR count). The quantitative estimate of drug-likeness (QED) is 0.851. The topological polar surface area (TPSA) is 42.0 Å². The zero-order valence-electron chi connectivity index (χ0n) is 9.72. The third-order valence-electron chi connectivity index (χ3n) is 2.40. The van der Waals surface area contributed by atoms with Gasteiger partial charge in [0, 0.05) is 11.9 Å². The standard InChI is InChI=1S/C14H12N2OS/c1-2-13-16-12(10-18-13)14(17)15-9-8-11-6-4-3-5-7-11/h1,3-7,10H,8-9H2,(H,15,17). The third-order valence-corrected chi connectivity index (χ3v) is 3.18. The number of thiazole rings is 1. The molecule has 0 radical (unpaired) electrons. The SMILES string of the molecule is C#Cc1nc(C(=O)NCCc2ccccc2)cs1. The fourth-order valence-electron chi connectivity index (χ4n) is 1.50. The average molecular weight is 256 g/mol. The van der Waals surface area contributed by atoms with Crippen molar-refractivity contribution in [3.05, 3.63) is 52.0 Å². The van der Waals surface area contributed by atoms with Crippen molar-refractivity contribution in [1.29, 1.82) is 0 Å². The summed E-state index contributed by atoms with van der Waals surface area (Å²) in [6, 6.07) is 10.0. The van der Waals surface area contributed by atoms with Crippen LogP contribution in [0.15, 0.2) is 35.7 Å². The number of benzene rings is 1. The zero-order chi connectivity index (χ0) is 12.8. The van der Waals surface area contributed by atoms with Crippen LogP contribution in [0, 0.1) is 12.3 Å². The number of carbonyl (C=O) groups excluding carboxylic acids is 1. The Labute approximate surface area is 110 Å². The van der Waals surface area contributed by atoms with Crippen LogP contribution in [0.1, 0.15) is 21.1 Å². The molecule has 4 heteroatoms. The first-order valence-electron chi connectivity index (χ1n) is 5.54. The Kier molecular flexibility index (Phi) is 4.11. The summed E-state index contributed by atoms with van der Waals surface area (Å²) < 4.78 is 0. The lowest BCUT2D eigenvalue weighted by Crippen LogP contribution is -2.25. The van der Waals surface area contributed by atoms with Gasteiger partial charge in [-0.2, -0.15) is 0 Å². The predicted octanol–water partition coefficient (Wildman–Crippen LogP) is 2.10. The summed E-state index contributed by atoms with van der Waals surface area (Å²) in [6.07, 6.45) is 6.01. The molecule has 1 amide bonds. The highest BCUT2D eigenvalue weighted by Crippen LogP contribution is 2.07. The van der Waals surface area contributed by atoms with Crippen molar-refractivity contribution in [3.63, 3.8) is 0 Å². The molecule has 90 valence electrons. The van der Waals surface area contributed by atoms with Gasteiger partial charge in [0.1, 0.15) is 5.69 Å². The molecule has 2 aromatic rings. The molecule has 3 nitrogen and oxygen atoms in total. The molecule has 0 spiro atoms. The Morgan fingerprint density at radius 2 is 2.17 bits per heavy atom. The van der Waals surface area contributed by atoms with Gasteiger partial charge >= 0.3 is 0 Å². The number of nitrogens with one attached hydrogen (secondary N) is 1. The predicted molar refractivity (Wildman–Crippen MR) is 72.5 cm³/mol. The minimum absolute atomic E-state index is 0.177. The van der Waals surface area contributed by atoms with E-state index in [1.807, 2.05) is 30.3 Å². The van der Waals surface area contributed by atoms with Crippen molar-refractivity contribution in [2.45, 2.75) is 6.42 Å². The van der Waals surface area contributed by atoms with Gasteiger partial charge in [-0.15, -0.1) is 17.8 Å². The summed E-state index contributed by atoms with van der Waals surface area (Å²) in [6.45, 7) is 0.589. The first-order valence-corrected chi connectivity index (χ1v) is 6.42. The second-order valence-electron chi connectivity index (χ2n) is 3.67. The molecule has 0 unspecified atom stereocenters. The minimum Gasteiger partial charge on any atom is -0.350 e. The van der Waals surface area contributed by atoms with E-state index in [-0.39, 0.29) is 5.91 Å². The average Bonchev–Trinajstić information content (AvgIpc) is 2.89. The Morgan fingerprint density at radius 1 is 1.39 bits per heavy atom. The smallest absolute Gasteiger partial charge is 0.270 e. The highest BCUT2D eigenvalue weighted by Gasteiger charge is 2.08. The van der Waals surface area contributed by atoms with E-state index >= 15 is 0 Å². The third kappa shape index (κ3) is 3.19.